The first-order valence-corrected chi connectivity index (χ1v) is 13.7. The summed E-state index contributed by atoms with van der Waals surface area (Å²) in [5.74, 6) is -0.105. The van der Waals surface area contributed by atoms with E-state index in [0.717, 1.165) is 42.9 Å². The Morgan fingerprint density at radius 3 is 2.45 bits per heavy atom. The molecule has 2 aliphatic rings. The molecule has 38 heavy (non-hydrogen) atoms. The second-order valence-electron chi connectivity index (χ2n) is 9.51. The number of hydrogen-bond donors (Lipinski definition) is 0. The second kappa shape index (κ2) is 12.3. The largest absolute Gasteiger partial charge is 0.466 e. The lowest BCUT2D eigenvalue weighted by Gasteiger charge is -2.33. The number of rotatable bonds is 7. The molecule has 3 heterocycles. The standard InChI is InChI=1S/C26H32F3N5O3S/c1-3-37-24(36)20-5-4-10-34(16-20)23(35)19-8-6-18(7-9-19)17-38-25-30-21(26(27,28)29)15-22(31-25)33-13-11-32(2)12-14-33/h6-9,15,20H,3-5,10-14,16-17H2,1-2H3. The van der Waals surface area contributed by atoms with Crippen LogP contribution in [0.25, 0.3) is 0 Å². The number of esters is 1. The highest BCUT2D eigenvalue weighted by Gasteiger charge is 2.34. The average Bonchev–Trinajstić information content (AvgIpc) is 2.92. The van der Waals surface area contributed by atoms with E-state index >= 15 is 0 Å². The SMILES string of the molecule is CCOC(=O)C1CCCN(C(=O)c2ccc(CSc3nc(N4CCN(C)CC4)cc(C(F)(F)F)n3)cc2)C1. The summed E-state index contributed by atoms with van der Waals surface area (Å²) in [6.07, 6.45) is -3.13. The number of likely N-dealkylation sites (N-methyl/N-ethyl adjacent to an activating group) is 1. The van der Waals surface area contributed by atoms with E-state index in [9.17, 15) is 22.8 Å². The number of halogens is 3. The van der Waals surface area contributed by atoms with Crippen LogP contribution in [-0.4, -0.2) is 84.6 Å². The number of nitrogens with zero attached hydrogens (tertiary/aromatic N) is 5. The van der Waals surface area contributed by atoms with Crippen LogP contribution in [0.3, 0.4) is 0 Å². The topological polar surface area (TPSA) is 78.9 Å². The monoisotopic (exact) mass is 551 g/mol. The highest BCUT2D eigenvalue weighted by atomic mass is 32.2. The van der Waals surface area contributed by atoms with E-state index in [1.165, 1.54) is 0 Å². The zero-order valence-electron chi connectivity index (χ0n) is 21.5. The molecule has 2 aliphatic heterocycles. The number of anilines is 1. The third-order valence-corrected chi connectivity index (χ3v) is 7.63. The van der Waals surface area contributed by atoms with E-state index in [1.54, 1.807) is 36.1 Å². The first kappa shape index (κ1) is 28.2. The van der Waals surface area contributed by atoms with Crippen LogP contribution in [0.4, 0.5) is 19.0 Å². The van der Waals surface area contributed by atoms with Crippen LogP contribution in [-0.2, 0) is 21.5 Å². The number of benzene rings is 1. The molecular weight excluding hydrogens is 519 g/mol. The molecule has 0 spiro atoms. The molecule has 2 aromatic rings. The lowest BCUT2D eigenvalue weighted by molar-refractivity contribution is -0.149. The Hall–Kier alpha value is -2.86. The van der Waals surface area contributed by atoms with Crippen LogP contribution in [0, 0.1) is 5.92 Å². The van der Waals surface area contributed by atoms with Crippen molar-refractivity contribution in [2.75, 3.05) is 57.8 Å². The highest BCUT2D eigenvalue weighted by molar-refractivity contribution is 7.98. The van der Waals surface area contributed by atoms with E-state index < -0.39 is 11.9 Å². The molecule has 12 heteroatoms. The van der Waals surface area contributed by atoms with Gasteiger partial charge in [-0.15, -0.1) is 0 Å². The van der Waals surface area contributed by atoms with Gasteiger partial charge >= 0.3 is 12.1 Å². The number of likely N-dealkylation sites (tertiary alicyclic amines) is 1. The van der Waals surface area contributed by atoms with E-state index in [-0.39, 0.29) is 28.8 Å². The van der Waals surface area contributed by atoms with E-state index in [1.807, 2.05) is 11.9 Å². The van der Waals surface area contributed by atoms with Gasteiger partial charge in [-0.1, -0.05) is 23.9 Å². The summed E-state index contributed by atoms with van der Waals surface area (Å²) in [7, 11) is 1.98. The summed E-state index contributed by atoms with van der Waals surface area (Å²) in [5, 5.41) is 0.0622. The van der Waals surface area contributed by atoms with Crippen molar-refractivity contribution in [1.29, 1.82) is 0 Å². The number of carbonyl (C=O) groups is 2. The van der Waals surface area contributed by atoms with Crippen LogP contribution in [0.5, 0.6) is 0 Å². The predicted molar refractivity (Wildman–Crippen MR) is 138 cm³/mol. The smallest absolute Gasteiger partial charge is 0.433 e. The summed E-state index contributed by atoms with van der Waals surface area (Å²) in [6, 6.07) is 7.98. The van der Waals surface area contributed by atoms with Gasteiger partial charge in [0.15, 0.2) is 10.9 Å². The maximum Gasteiger partial charge on any atom is 0.433 e. The van der Waals surface area contributed by atoms with Gasteiger partial charge in [0.25, 0.3) is 5.91 Å². The quantitative estimate of drug-likeness (QED) is 0.291. The van der Waals surface area contributed by atoms with E-state index in [0.29, 0.717) is 50.5 Å². The summed E-state index contributed by atoms with van der Waals surface area (Å²) in [5.41, 5.74) is 0.375. The summed E-state index contributed by atoms with van der Waals surface area (Å²) >= 11 is 1.13. The lowest BCUT2D eigenvalue weighted by Crippen LogP contribution is -2.45. The Morgan fingerprint density at radius 2 is 1.79 bits per heavy atom. The third kappa shape index (κ3) is 7.16. The Bertz CT molecular complexity index is 1120. The minimum Gasteiger partial charge on any atom is -0.466 e. The van der Waals surface area contributed by atoms with Crippen molar-refractivity contribution in [2.45, 2.75) is 36.9 Å². The molecule has 4 rings (SSSR count). The van der Waals surface area contributed by atoms with Gasteiger partial charge < -0.3 is 19.4 Å². The Balaban J connectivity index is 1.40. The molecule has 0 bridgehead atoms. The molecule has 0 saturated carbocycles. The Kier molecular flexibility index (Phi) is 9.14. The number of hydrogen-bond acceptors (Lipinski definition) is 8. The van der Waals surface area contributed by atoms with Gasteiger partial charge in [0.1, 0.15) is 5.82 Å². The molecule has 1 aromatic heterocycles. The number of ether oxygens (including phenoxy) is 1. The van der Waals surface area contributed by atoms with Crippen LogP contribution in [0.15, 0.2) is 35.5 Å². The number of thioether (sulfide) groups is 1. The van der Waals surface area contributed by atoms with E-state index in [4.69, 9.17) is 4.74 Å². The minimum atomic E-state index is -4.57. The maximum atomic E-state index is 13.5. The molecule has 0 aliphatic carbocycles. The number of aromatic nitrogens is 2. The van der Waals surface area contributed by atoms with Gasteiger partial charge in [0.05, 0.1) is 12.5 Å². The fourth-order valence-electron chi connectivity index (χ4n) is 4.51. The molecule has 2 fully saturated rings. The molecule has 0 radical (unpaired) electrons. The van der Waals surface area contributed by atoms with Crippen molar-refractivity contribution in [3.63, 3.8) is 0 Å². The molecule has 1 amide bonds. The maximum absolute atomic E-state index is 13.5. The third-order valence-electron chi connectivity index (χ3n) is 6.71. The van der Waals surface area contributed by atoms with Crippen molar-refractivity contribution in [2.24, 2.45) is 5.92 Å². The first-order chi connectivity index (χ1) is 18.1. The van der Waals surface area contributed by atoms with Crippen molar-refractivity contribution in [3.8, 4) is 0 Å². The number of alkyl halides is 3. The van der Waals surface area contributed by atoms with Crippen LogP contribution < -0.4 is 4.90 Å². The van der Waals surface area contributed by atoms with Crippen molar-refractivity contribution >= 4 is 29.5 Å². The molecule has 0 N–H and O–H groups in total. The summed E-state index contributed by atoms with van der Waals surface area (Å²) in [4.78, 5) is 38.9. The second-order valence-corrected chi connectivity index (χ2v) is 10.5. The van der Waals surface area contributed by atoms with Crippen LogP contribution >= 0.6 is 11.8 Å². The highest BCUT2D eigenvalue weighted by Crippen LogP contribution is 2.32. The van der Waals surface area contributed by atoms with Crippen LogP contribution in [0.1, 0.15) is 41.4 Å². The summed E-state index contributed by atoms with van der Waals surface area (Å²) < 4.78 is 45.7. The van der Waals surface area contributed by atoms with Gasteiger partial charge in [0.2, 0.25) is 0 Å². The molecule has 2 saturated heterocycles. The number of amides is 1. The first-order valence-electron chi connectivity index (χ1n) is 12.7. The average molecular weight is 552 g/mol. The molecule has 1 aromatic carbocycles. The van der Waals surface area contributed by atoms with Crippen molar-refractivity contribution in [3.05, 3.63) is 47.2 Å². The van der Waals surface area contributed by atoms with Crippen molar-refractivity contribution in [1.82, 2.24) is 19.8 Å². The zero-order chi connectivity index (χ0) is 27.3. The predicted octanol–water partition coefficient (Wildman–Crippen LogP) is 3.95. The Morgan fingerprint density at radius 1 is 1.08 bits per heavy atom. The number of carbonyl (C=O) groups excluding carboxylic acids is 2. The zero-order valence-corrected chi connectivity index (χ0v) is 22.4. The fourth-order valence-corrected chi connectivity index (χ4v) is 5.32. The molecular formula is C26H32F3N5O3S. The van der Waals surface area contributed by atoms with Gasteiger partial charge in [-0.3, -0.25) is 9.59 Å². The van der Waals surface area contributed by atoms with E-state index in [2.05, 4.69) is 14.9 Å². The van der Waals surface area contributed by atoms with Gasteiger partial charge in [0, 0.05) is 56.7 Å². The van der Waals surface area contributed by atoms with Crippen LogP contribution in [0.2, 0.25) is 0 Å². The molecule has 8 nitrogen and oxygen atoms in total. The fraction of sp³-hybridized carbons (Fsp3) is 0.538. The normalized spacial score (nSPS) is 18.9. The number of piperidine rings is 1. The lowest BCUT2D eigenvalue weighted by atomic mass is 9.97. The summed E-state index contributed by atoms with van der Waals surface area (Å²) in [6.45, 7) is 5.68. The van der Waals surface area contributed by atoms with Gasteiger partial charge in [-0.2, -0.15) is 13.2 Å². The van der Waals surface area contributed by atoms with Crippen molar-refractivity contribution < 1.29 is 27.5 Å². The molecule has 206 valence electrons. The Labute approximate surface area is 224 Å². The van der Waals surface area contributed by atoms with Gasteiger partial charge in [-0.05, 0) is 44.5 Å². The minimum absolute atomic E-state index is 0.0622. The number of piperazine rings is 1. The van der Waals surface area contributed by atoms with Gasteiger partial charge in [-0.25, -0.2) is 9.97 Å². The molecule has 1 unspecified atom stereocenters. The molecule has 1 atom stereocenters.